The van der Waals surface area contributed by atoms with E-state index in [1.807, 2.05) is 14.0 Å². The van der Waals surface area contributed by atoms with Crippen LogP contribution in [0.2, 0.25) is 0 Å². The van der Waals surface area contributed by atoms with Gasteiger partial charge < -0.3 is 15.4 Å². The van der Waals surface area contributed by atoms with Crippen LogP contribution in [0.1, 0.15) is 27.2 Å². The first-order valence-corrected chi connectivity index (χ1v) is 7.31. The molecule has 0 radical (unpaired) electrons. The summed E-state index contributed by atoms with van der Waals surface area (Å²) >= 11 is 0. The molecule has 2 atom stereocenters. The summed E-state index contributed by atoms with van der Waals surface area (Å²) in [6.45, 7) is 10.4. The van der Waals surface area contributed by atoms with Gasteiger partial charge in [-0.05, 0) is 26.3 Å². The van der Waals surface area contributed by atoms with Crippen LogP contribution >= 0.6 is 0 Å². The second-order valence-corrected chi connectivity index (χ2v) is 5.79. The van der Waals surface area contributed by atoms with Crippen LogP contribution in [-0.4, -0.2) is 62.8 Å². The third kappa shape index (κ3) is 6.36. The van der Waals surface area contributed by atoms with Crippen LogP contribution in [0.3, 0.4) is 0 Å². The van der Waals surface area contributed by atoms with E-state index in [4.69, 9.17) is 4.74 Å². The number of carbonyl (C=O) groups is 1. The lowest BCUT2D eigenvalue weighted by molar-refractivity contribution is -0.126. The Morgan fingerprint density at radius 3 is 2.79 bits per heavy atom. The second-order valence-electron chi connectivity index (χ2n) is 5.79. The van der Waals surface area contributed by atoms with Gasteiger partial charge in [-0.3, -0.25) is 9.69 Å². The number of hydrogen-bond donors (Lipinski definition) is 2. The summed E-state index contributed by atoms with van der Waals surface area (Å²) in [5, 5.41) is 6.30. The Labute approximate surface area is 117 Å². The molecule has 0 aliphatic carbocycles. The lowest BCUT2D eigenvalue weighted by Crippen LogP contribution is -2.50. The molecule has 1 amide bonds. The van der Waals surface area contributed by atoms with Gasteiger partial charge in [0.1, 0.15) is 0 Å². The number of nitrogens with zero attached hydrogens (tertiary/aromatic N) is 1. The molecule has 1 aliphatic heterocycles. The molecule has 0 spiro atoms. The average Bonchev–Trinajstić information content (AvgIpc) is 2.38. The van der Waals surface area contributed by atoms with E-state index >= 15 is 0 Å². The van der Waals surface area contributed by atoms with Crippen LogP contribution < -0.4 is 10.6 Å². The zero-order valence-corrected chi connectivity index (χ0v) is 12.7. The molecule has 5 heteroatoms. The van der Waals surface area contributed by atoms with Crippen molar-refractivity contribution in [2.24, 2.45) is 5.92 Å². The van der Waals surface area contributed by atoms with Crippen molar-refractivity contribution in [3.8, 4) is 0 Å². The Morgan fingerprint density at radius 1 is 1.47 bits per heavy atom. The molecular formula is C14H29N3O2. The van der Waals surface area contributed by atoms with Crippen molar-refractivity contribution in [3.63, 3.8) is 0 Å². The first kappa shape index (κ1) is 16.4. The van der Waals surface area contributed by atoms with Crippen molar-refractivity contribution in [1.29, 1.82) is 0 Å². The van der Waals surface area contributed by atoms with Crippen LogP contribution in [0, 0.1) is 5.92 Å². The zero-order chi connectivity index (χ0) is 14.3. The monoisotopic (exact) mass is 271 g/mol. The SMILES string of the molecule is CC(C)CCNC(=O)C(C)N(C)CC1CNCCO1. The molecule has 1 saturated heterocycles. The molecule has 2 unspecified atom stereocenters. The van der Waals surface area contributed by atoms with Crippen molar-refractivity contribution in [2.45, 2.75) is 39.3 Å². The van der Waals surface area contributed by atoms with E-state index < -0.39 is 0 Å². The Balaban J connectivity index is 2.25. The van der Waals surface area contributed by atoms with Crippen molar-refractivity contribution in [3.05, 3.63) is 0 Å². The van der Waals surface area contributed by atoms with Gasteiger partial charge in [0.05, 0.1) is 18.8 Å². The summed E-state index contributed by atoms with van der Waals surface area (Å²) in [4.78, 5) is 14.1. The molecule has 19 heavy (non-hydrogen) atoms. The van der Waals surface area contributed by atoms with Gasteiger partial charge in [-0.2, -0.15) is 0 Å². The van der Waals surface area contributed by atoms with Gasteiger partial charge in [0.25, 0.3) is 0 Å². The van der Waals surface area contributed by atoms with E-state index in [0.717, 1.165) is 39.2 Å². The number of morpholine rings is 1. The Kier molecular flexibility index (Phi) is 7.34. The predicted octanol–water partition coefficient (Wildman–Crippen LogP) is 0.457. The van der Waals surface area contributed by atoms with Gasteiger partial charge in [0.15, 0.2) is 0 Å². The van der Waals surface area contributed by atoms with Crippen molar-refractivity contribution >= 4 is 5.91 Å². The zero-order valence-electron chi connectivity index (χ0n) is 12.7. The first-order valence-electron chi connectivity index (χ1n) is 7.31. The van der Waals surface area contributed by atoms with E-state index in [0.29, 0.717) is 5.92 Å². The third-order valence-corrected chi connectivity index (χ3v) is 3.56. The van der Waals surface area contributed by atoms with E-state index in [2.05, 4.69) is 29.4 Å². The maximum Gasteiger partial charge on any atom is 0.237 e. The van der Waals surface area contributed by atoms with Crippen molar-refractivity contribution < 1.29 is 9.53 Å². The number of carbonyl (C=O) groups excluding carboxylic acids is 1. The van der Waals surface area contributed by atoms with Crippen molar-refractivity contribution in [2.75, 3.05) is 39.8 Å². The summed E-state index contributed by atoms with van der Waals surface area (Å²) in [7, 11) is 1.98. The molecule has 0 aromatic heterocycles. The Hall–Kier alpha value is -0.650. The van der Waals surface area contributed by atoms with Crippen LogP contribution in [0.25, 0.3) is 0 Å². The fraction of sp³-hybridized carbons (Fsp3) is 0.929. The molecular weight excluding hydrogens is 242 g/mol. The number of ether oxygens (including phenoxy) is 1. The lowest BCUT2D eigenvalue weighted by Gasteiger charge is -2.30. The minimum atomic E-state index is -0.113. The number of amides is 1. The second kappa shape index (κ2) is 8.51. The third-order valence-electron chi connectivity index (χ3n) is 3.56. The lowest BCUT2D eigenvalue weighted by atomic mass is 10.1. The first-order chi connectivity index (χ1) is 9.00. The standard InChI is InChI=1S/C14H29N3O2/c1-11(2)5-6-16-14(18)12(3)17(4)10-13-9-15-7-8-19-13/h11-13,15H,5-10H2,1-4H3,(H,16,18). The molecule has 0 aromatic carbocycles. The molecule has 1 fully saturated rings. The molecule has 5 nitrogen and oxygen atoms in total. The number of likely N-dealkylation sites (N-methyl/N-ethyl adjacent to an activating group) is 1. The number of nitrogens with one attached hydrogen (secondary N) is 2. The highest BCUT2D eigenvalue weighted by Crippen LogP contribution is 2.03. The van der Waals surface area contributed by atoms with Gasteiger partial charge in [-0.15, -0.1) is 0 Å². The largest absolute Gasteiger partial charge is 0.374 e. The van der Waals surface area contributed by atoms with E-state index in [1.54, 1.807) is 0 Å². The molecule has 2 N–H and O–H groups in total. The number of hydrogen-bond acceptors (Lipinski definition) is 4. The summed E-state index contributed by atoms with van der Waals surface area (Å²) in [5.41, 5.74) is 0. The van der Waals surface area contributed by atoms with E-state index in [-0.39, 0.29) is 18.1 Å². The maximum atomic E-state index is 12.0. The molecule has 1 aliphatic rings. The van der Waals surface area contributed by atoms with Crippen LogP contribution in [0.4, 0.5) is 0 Å². The van der Waals surface area contributed by atoms with Gasteiger partial charge in [-0.1, -0.05) is 13.8 Å². The molecule has 1 rings (SSSR count). The highest BCUT2D eigenvalue weighted by molar-refractivity contribution is 5.81. The Bertz CT molecular complexity index is 265. The normalized spacial score (nSPS) is 21.7. The Morgan fingerprint density at radius 2 is 2.21 bits per heavy atom. The van der Waals surface area contributed by atoms with Crippen LogP contribution in [0.5, 0.6) is 0 Å². The summed E-state index contributed by atoms with van der Waals surface area (Å²) in [5.74, 6) is 0.724. The quantitative estimate of drug-likeness (QED) is 0.706. The fourth-order valence-corrected chi connectivity index (χ4v) is 2.05. The highest BCUT2D eigenvalue weighted by atomic mass is 16.5. The number of rotatable bonds is 7. The minimum absolute atomic E-state index is 0.104. The molecule has 0 saturated carbocycles. The van der Waals surface area contributed by atoms with Gasteiger partial charge in [0.2, 0.25) is 5.91 Å². The van der Waals surface area contributed by atoms with Crippen molar-refractivity contribution in [1.82, 2.24) is 15.5 Å². The summed E-state index contributed by atoms with van der Waals surface area (Å²) in [6.07, 6.45) is 1.21. The molecule has 1 heterocycles. The average molecular weight is 271 g/mol. The van der Waals surface area contributed by atoms with E-state index in [9.17, 15) is 4.79 Å². The van der Waals surface area contributed by atoms with Gasteiger partial charge in [0, 0.05) is 26.2 Å². The van der Waals surface area contributed by atoms with E-state index in [1.165, 1.54) is 0 Å². The minimum Gasteiger partial charge on any atom is -0.374 e. The topological polar surface area (TPSA) is 53.6 Å². The van der Waals surface area contributed by atoms with Gasteiger partial charge in [-0.25, -0.2) is 0 Å². The van der Waals surface area contributed by atoms with Crippen LogP contribution in [0.15, 0.2) is 0 Å². The maximum absolute atomic E-state index is 12.0. The molecule has 0 aromatic rings. The molecule has 0 bridgehead atoms. The fourth-order valence-electron chi connectivity index (χ4n) is 2.05. The smallest absolute Gasteiger partial charge is 0.237 e. The predicted molar refractivity (Wildman–Crippen MR) is 77.2 cm³/mol. The summed E-state index contributed by atoms with van der Waals surface area (Å²) in [6, 6.07) is -0.113. The van der Waals surface area contributed by atoms with Gasteiger partial charge >= 0.3 is 0 Å². The highest BCUT2D eigenvalue weighted by Gasteiger charge is 2.22. The summed E-state index contributed by atoms with van der Waals surface area (Å²) < 4.78 is 5.66. The van der Waals surface area contributed by atoms with Crippen LogP contribution in [-0.2, 0) is 9.53 Å². The molecule has 112 valence electrons.